The molecule has 0 atom stereocenters. The molecule has 1 aromatic rings. The lowest BCUT2D eigenvalue weighted by Gasteiger charge is -1.90. The average molecular weight is 138 g/mol. The van der Waals surface area contributed by atoms with Crippen molar-refractivity contribution >= 4 is 0 Å². The predicted molar refractivity (Wildman–Crippen MR) is 33.9 cm³/mol. The third-order valence-electron chi connectivity index (χ3n) is 1.08. The molecule has 0 radical (unpaired) electrons. The van der Waals surface area contributed by atoms with Crippen LogP contribution in [0.4, 0.5) is 0 Å². The highest BCUT2D eigenvalue weighted by Crippen LogP contribution is 1.92. The first-order valence-electron chi connectivity index (χ1n) is 2.68. The Bertz CT molecular complexity index is 256. The largest absolute Gasteiger partial charge is 0.253 e. The van der Waals surface area contributed by atoms with E-state index in [1.807, 2.05) is 0 Å². The van der Waals surface area contributed by atoms with E-state index in [0.29, 0.717) is 5.82 Å². The van der Waals surface area contributed by atoms with Crippen molar-refractivity contribution in [2.24, 2.45) is 12.2 Å². The van der Waals surface area contributed by atoms with Crippen LogP contribution in [0.1, 0.15) is 5.82 Å². The van der Waals surface area contributed by atoms with E-state index in [4.69, 9.17) is 5.53 Å². The number of hydrogen-bond donors (Lipinski definition) is 0. The monoisotopic (exact) mass is 138 g/mol. The van der Waals surface area contributed by atoms with E-state index >= 15 is 0 Å². The summed E-state index contributed by atoms with van der Waals surface area (Å²) >= 11 is 0. The van der Waals surface area contributed by atoms with Crippen LogP contribution in [0.25, 0.3) is 10.4 Å². The normalized spacial score (nSPS) is 8.90. The first-order chi connectivity index (χ1) is 4.84. The van der Waals surface area contributed by atoms with Crippen molar-refractivity contribution in [2.75, 3.05) is 0 Å². The van der Waals surface area contributed by atoms with Gasteiger partial charge >= 0.3 is 0 Å². The summed E-state index contributed by atoms with van der Waals surface area (Å²) in [5, 5.41) is 7.12. The van der Waals surface area contributed by atoms with Gasteiger partial charge in [0, 0.05) is 12.0 Å². The molecule has 52 valence electrons. The smallest absolute Gasteiger partial charge is 0.138 e. The first kappa shape index (κ1) is 6.57. The average Bonchev–Trinajstić information content (AvgIpc) is 2.31. The molecule has 0 amide bonds. The second-order valence-corrected chi connectivity index (χ2v) is 1.69. The minimum atomic E-state index is 0.257. The van der Waals surface area contributed by atoms with E-state index in [2.05, 4.69) is 20.1 Å². The van der Waals surface area contributed by atoms with Crippen LogP contribution >= 0.6 is 0 Å². The fourth-order valence-electron chi connectivity index (χ4n) is 0.558. The van der Waals surface area contributed by atoms with E-state index in [0.717, 1.165) is 0 Å². The minimum absolute atomic E-state index is 0.257. The van der Waals surface area contributed by atoms with Gasteiger partial charge in [0.05, 0.1) is 6.54 Å². The number of hydrogen-bond acceptors (Lipinski definition) is 3. The summed E-state index contributed by atoms with van der Waals surface area (Å²) in [6.07, 6.45) is 1.42. The molecule has 0 aliphatic heterocycles. The zero-order valence-electron chi connectivity index (χ0n) is 5.47. The number of rotatable bonds is 2. The van der Waals surface area contributed by atoms with Crippen LogP contribution < -0.4 is 0 Å². The maximum atomic E-state index is 7.96. The summed E-state index contributed by atoms with van der Waals surface area (Å²) in [4.78, 5) is 6.44. The van der Waals surface area contributed by atoms with Crippen LogP contribution in [-0.4, -0.2) is 14.8 Å². The molecule has 0 unspecified atom stereocenters. The molecule has 0 spiro atoms. The van der Waals surface area contributed by atoms with Crippen LogP contribution in [0.2, 0.25) is 0 Å². The number of nitrogens with zero attached hydrogens (tertiary/aromatic N) is 6. The lowest BCUT2D eigenvalue weighted by atomic mass is 10.6. The lowest BCUT2D eigenvalue weighted by Crippen LogP contribution is -1.96. The van der Waals surface area contributed by atoms with Gasteiger partial charge in [0.25, 0.3) is 0 Å². The van der Waals surface area contributed by atoms with Gasteiger partial charge in [-0.3, -0.25) is 4.68 Å². The fraction of sp³-hybridized carbons (Fsp3) is 0.500. The van der Waals surface area contributed by atoms with Crippen molar-refractivity contribution < 1.29 is 0 Å². The molecule has 6 heteroatoms. The maximum Gasteiger partial charge on any atom is 0.138 e. The topological polar surface area (TPSA) is 79.5 Å². The Hall–Kier alpha value is -1.55. The molecule has 1 rings (SSSR count). The van der Waals surface area contributed by atoms with Gasteiger partial charge in [-0.2, -0.15) is 5.10 Å². The molecule has 10 heavy (non-hydrogen) atoms. The molecule has 0 fully saturated rings. The molecule has 0 N–H and O–H groups in total. The molecule has 1 aromatic heterocycles. The van der Waals surface area contributed by atoms with Crippen molar-refractivity contribution in [3.63, 3.8) is 0 Å². The lowest BCUT2D eigenvalue weighted by molar-refractivity contribution is 0.701. The summed E-state index contributed by atoms with van der Waals surface area (Å²) in [6, 6.07) is 0. The predicted octanol–water partition coefficient (Wildman–Crippen LogP) is 0.625. The summed E-state index contributed by atoms with van der Waals surface area (Å²) in [7, 11) is 1.75. The van der Waals surface area contributed by atoms with Crippen molar-refractivity contribution in [1.82, 2.24) is 14.8 Å². The van der Waals surface area contributed by atoms with E-state index in [-0.39, 0.29) is 6.54 Å². The van der Waals surface area contributed by atoms with Gasteiger partial charge in [-0.05, 0) is 5.53 Å². The van der Waals surface area contributed by atoms with Crippen LogP contribution in [-0.2, 0) is 13.6 Å². The SMILES string of the molecule is Cn1ncnc1CN=[N+]=[N-]. The van der Waals surface area contributed by atoms with Gasteiger partial charge in [-0.1, -0.05) is 5.11 Å². The van der Waals surface area contributed by atoms with Gasteiger partial charge in [0.1, 0.15) is 12.2 Å². The van der Waals surface area contributed by atoms with Crippen LogP contribution in [0, 0.1) is 0 Å². The standard InChI is InChI=1S/C4H6N6/c1-10-4(2-7-9-5)6-3-8-10/h3H,2H2,1H3. The zero-order chi connectivity index (χ0) is 7.40. The van der Waals surface area contributed by atoms with Gasteiger partial charge in [-0.25, -0.2) is 4.98 Å². The van der Waals surface area contributed by atoms with Crippen LogP contribution in [0.15, 0.2) is 11.4 Å². The summed E-state index contributed by atoms with van der Waals surface area (Å²) in [5.74, 6) is 0.665. The highest BCUT2D eigenvalue weighted by atomic mass is 15.3. The number of aryl methyl sites for hydroxylation is 1. The van der Waals surface area contributed by atoms with Gasteiger partial charge in [0.15, 0.2) is 0 Å². The second kappa shape index (κ2) is 2.84. The Kier molecular flexibility index (Phi) is 1.86. The molecule has 0 bridgehead atoms. The van der Waals surface area contributed by atoms with E-state index in [1.54, 1.807) is 11.7 Å². The summed E-state index contributed by atoms with van der Waals surface area (Å²) in [5.41, 5.74) is 7.96. The zero-order valence-corrected chi connectivity index (χ0v) is 5.47. The molecular formula is C4H6N6. The highest BCUT2D eigenvalue weighted by molar-refractivity contribution is 4.81. The Morgan fingerprint density at radius 3 is 3.20 bits per heavy atom. The summed E-state index contributed by atoms with van der Waals surface area (Å²) in [6.45, 7) is 0.257. The van der Waals surface area contributed by atoms with Gasteiger partial charge in [-0.15, -0.1) is 0 Å². The quantitative estimate of drug-likeness (QED) is 0.341. The van der Waals surface area contributed by atoms with Gasteiger partial charge < -0.3 is 0 Å². The van der Waals surface area contributed by atoms with Crippen LogP contribution in [0.5, 0.6) is 0 Å². The molecule has 0 aromatic carbocycles. The Labute approximate surface area is 57.1 Å². The van der Waals surface area contributed by atoms with Crippen molar-refractivity contribution in [1.29, 1.82) is 0 Å². The number of aromatic nitrogens is 3. The molecule has 0 aliphatic carbocycles. The highest BCUT2D eigenvalue weighted by Gasteiger charge is 1.95. The molecule has 0 saturated carbocycles. The Balaban J connectivity index is 2.74. The summed E-state index contributed by atoms with van der Waals surface area (Å²) < 4.78 is 1.56. The van der Waals surface area contributed by atoms with Crippen LogP contribution in [0.3, 0.4) is 0 Å². The number of azide groups is 1. The van der Waals surface area contributed by atoms with E-state index < -0.39 is 0 Å². The van der Waals surface area contributed by atoms with Gasteiger partial charge in [0.2, 0.25) is 0 Å². The second-order valence-electron chi connectivity index (χ2n) is 1.69. The van der Waals surface area contributed by atoms with E-state index in [1.165, 1.54) is 6.33 Å². The van der Waals surface area contributed by atoms with Crippen molar-refractivity contribution in [3.05, 3.63) is 22.6 Å². The Morgan fingerprint density at radius 1 is 1.90 bits per heavy atom. The first-order valence-corrected chi connectivity index (χ1v) is 2.68. The molecule has 1 heterocycles. The minimum Gasteiger partial charge on any atom is -0.253 e. The molecule has 0 saturated heterocycles. The van der Waals surface area contributed by atoms with Crippen molar-refractivity contribution in [2.45, 2.75) is 6.54 Å². The Morgan fingerprint density at radius 2 is 2.70 bits per heavy atom. The maximum absolute atomic E-state index is 7.96. The molecular weight excluding hydrogens is 132 g/mol. The third-order valence-corrected chi connectivity index (χ3v) is 1.08. The fourth-order valence-corrected chi connectivity index (χ4v) is 0.558. The molecule has 0 aliphatic rings. The molecule has 6 nitrogen and oxygen atoms in total. The third kappa shape index (κ3) is 1.24. The van der Waals surface area contributed by atoms with Crippen molar-refractivity contribution in [3.8, 4) is 0 Å². The van der Waals surface area contributed by atoms with E-state index in [9.17, 15) is 0 Å².